The van der Waals surface area contributed by atoms with Crippen LogP contribution in [0.4, 0.5) is 23.5 Å². The molecule has 0 radical (unpaired) electrons. The lowest BCUT2D eigenvalue weighted by atomic mass is 10.2. The van der Waals surface area contributed by atoms with E-state index in [0.29, 0.717) is 98.9 Å². The summed E-state index contributed by atoms with van der Waals surface area (Å²) in [5.74, 6) is 3.90. The highest BCUT2D eigenvalue weighted by atomic mass is 35.5. The van der Waals surface area contributed by atoms with E-state index in [2.05, 4.69) is 52.3 Å². The predicted molar refractivity (Wildman–Crippen MR) is 213 cm³/mol. The number of morpholine rings is 4. The zero-order valence-corrected chi connectivity index (χ0v) is 32.9. The molecule has 296 valence electrons. The first kappa shape index (κ1) is 38.1. The largest absolute Gasteiger partial charge is 0.452 e. The second-order valence-corrected chi connectivity index (χ2v) is 14.9. The van der Waals surface area contributed by atoms with Crippen LogP contribution >= 0.6 is 11.6 Å². The Morgan fingerprint density at radius 2 is 1.04 bits per heavy atom. The molecular formula is C39H47ClN10O6. The first-order chi connectivity index (χ1) is 27.3. The number of hydrogen-bond acceptors (Lipinski definition) is 16. The van der Waals surface area contributed by atoms with Crippen molar-refractivity contribution < 1.29 is 28.2 Å². The van der Waals surface area contributed by atoms with Crippen molar-refractivity contribution in [3.63, 3.8) is 0 Å². The number of ether oxygens (including phenoxy) is 4. The normalized spacial score (nSPS) is 23.3. The fourth-order valence-electron chi connectivity index (χ4n) is 7.46. The highest BCUT2D eigenvalue weighted by Crippen LogP contribution is 2.33. The summed E-state index contributed by atoms with van der Waals surface area (Å²) < 4.78 is 27.9. The summed E-state index contributed by atoms with van der Waals surface area (Å²) in [4.78, 5) is 48.5. The number of fused-ring (bicyclic) bond motifs is 2. The molecule has 4 aliphatic heterocycles. The minimum Gasteiger partial charge on any atom is -0.452 e. The van der Waals surface area contributed by atoms with Gasteiger partial charge in [0.25, 0.3) is 0 Å². The molecule has 0 amide bonds. The van der Waals surface area contributed by atoms with Crippen LogP contribution in [0.15, 0.2) is 40.8 Å². The number of carbonyl (C=O) groups excluding carboxylic acids is 1. The molecule has 0 saturated carbocycles. The fourth-order valence-corrected chi connectivity index (χ4v) is 7.60. The Morgan fingerprint density at radius 1 is 0.571 bits per heavy atom. The van der Waals surface area contributed by atoms with Gasteiger partial charge in [-0.25, -0.2) is 9.97 Å². The number of rotatable bonds is 6. The molecular weight excluding hydrogens is 740 g/mol. The Hall–Kier alpha value is -4.74. The molecule has 0 aliphatic carbocycles. The number of aldehydes is 1. The second kappa shape index (κ2) is 16.8. The van der Waals surface area contributed by atoms with Gasteiger partial charge in [0.15, 0.2) is 29.1 Å². The van der Waals surface area contributed by atoms with Gasteiger partial charge >= 0.3 is 0 Å². The van der Waals surface area contributed by atoms with E-state index in [0.717, 1.165) is 48.6 Å². The quantitative estimate of drug-likeness (QED) is 0.173. The Kier molecular flexibility index (Phi) is 11.4. The van der Waals surface area contributed by atoms with E-state index in [-0.39, 0.29) is 29.9 Å². The molecule has 16 nitrogen and oxygen atoms in total. The summed E-state index contributed by atoms with van der Waals surface area (Å²) in [6, 6.07) is 11.8. The van der Waals surface area contributed by atoms with Crippen LogP contribution in [-0.2, 0) is 18.9 Å². The lowest BCUT2D eigenvalue weighted by molar-refractivity contribution is 0.0972. The molecule has 56 heavy (non-hydrogen) atoms. The summed E-state index contributed by atoms with van der Waals surface area (Å²) in [5, 5.41) is 2.24. The molecule has 9 heterocycles. The van der Waals surface area contributed by atoms with Crippen LogP contribution < -0.4 is 19.6 Å². The van der Waals surface area contributed by atoms with Gasteiger partial charge in [-0.1, -0.05) is 11.6 Å². The molecule has 0 unspecified atom stereocenters. The van der Waals surface area contributed by atoms with Crippen molar-refractivity contribution >= 4 is 63.5 Å². The Morgan fingerprint density at radius 3 is 1.50 bits per heavy atom. The maximum absolute atomic E-state index is 11.0. The number of nitrogens with zero attached hydrogens (tertiary/aromatic N) is 10. The van der Waals surface area contributed by atoms with Gasteiger partial charge in [-0.15, -0.1) is 0 Å². The minimum absolute atomic E-state index is 0.171. The van der Waals surface area contributed by atoms with E-state index in [1.807, 2.05) is 18.2 Å². The highest BCUT2D eigenvalue weighted by Gasteiger charge is 2.29. The molecule has 4 aliphatic rings. The van der Waals surface area contributed by atoms with Crippen LogP contribution in [0.2, 0.25) is 5.15 Å². The SMILES string of the molecule is C[C@H]1COCCN1c1nc(N2CCOC[C@@H]2C)c2ccc(-c3ccc(C=O)o3)nc2n1.C[C@H]1COCCN1c1nc(N2CCOC[C@@H]2C)c2ccc(Cl)nc2n1. The molecule has 4 saturated heterocycles. The third-order valence-corrected chi connectivity index (χ3v) is 10.8. The minimum atomic E-state index is 0.171. The average Bonchev–Trinajstić information content (AvgIpc) is 3.71. The molecule has 9 rings (SSSR count). The van der Waals surface area contributed by atoms with E-state index in [1.54, 1.807) is 18.2 Å². The van der Waals surface area contributed by atoms with Gasteiger partial charge < -0.3 is 43.0 Å². The first-order valence-electron chi connectivity index (χ1n) is 19.2. The maximum atomic E-state index is 11.0. The topological polar surface area (TPSA) is 157 Å². The van der Waals surface area contributed by atoms with Crippen molar-refractivity contribution in [1.82, 2.24) is 29.9 Å². The molecule has 5 aromatic rings. The molecule has 4 atom stereocenters. The van der Waals surface area contributed by atoms with Gasteiger partial charge in [0, 0.05) is 26.2 Å². The average molecular weight is 787 g/mol. The van der Waals surface area contributed by atoms with E-state index in [9.17, 15) is 4.79 Å². The van der Waals surface area contributed by atoms with Gasteiger partial charge in [-0.2, -0.15) is 19.9 Å². The van der Waals surface area contributed by atoms with Crippen molar-refractivity contribution in [3.05, 3.63) is 47.3 Å². The van der Waals surface area contributed by atoms with Crippen molar-refractivity contribution in [1.29, 1.82) is 0 Å². The van der Waals surface area contributed by atoms with Gasteiger partial charge in [-0.3, -0.25) is 4.79 Å². The number of anilines is 4. The number of pyridine rings is 2. The maximum Gasteiger partial charge on any atom is 0.229 e. The number of halogens is 1. The van der Waals surface area contributed by atoms with E-state index >= 15 is 0 Å². The smallest absolute Gasteiger partial charge is 0.229 e. The zero-order chi connectivity index (χ0) is 38.8. The third kappa shape index (κ3) is 7.93. The van der Waals surface area contributed by atoms with Gasteiger partial charge in [0.1, 0.15) is 22.5 Å². The molecule has 0 bridgehead atoms. The van der Waals surface area contributed by atoms with Crippen LogP contribution in [-0.4, -0.2) is 139 Å². The first-order valence-corrected chi connectivity index (χ1v) is 19.6. The molecule has 0 aromatic carbocycles. The van der Waals surface area contributed by atoms with Crippen LogP contribution in [0.3, 0.4) is 0 Å². The van der Waals surface area contributed by atoms with Crippen LogP contribution in [0.1, 0.15) is 38.2 Å². The van der Waals surface area contributed by atoms with Gasteiger partial charge in [0.2, 0.25) is 11.9 Å². The molecule has 17 heteroatoms. The standard InChI is InChI=1S/C22H25N5O4.C17H22ClN5O2/c1-14-12-29-9-7-26(14)21-17-4-5-18(19-6-3-16(11-28)31-19)23-20(17)24-22(25-21)27-8-10-30-13-15(27)2;1-11-9-24-7-5-22(11)16-13-3-4-14(18)19-15(13)20-17(21-16)23-6-8-25-10-12(23)2/h3-6,11,14-15H,7-10,12-13H2,1-2H3;3-4,11-12H,5-10H2,1-2H3/t14-,15-;11-,12-/m00/s1. The summed E-state index contributed by atoms with van der Waals surface area (Å²) in [6.45, 7) is 16.9. The lowest BCUT2D eigenvalue weighted by Gasteiger charge is -2.37. The van der Waals surface area contributed by atoms with Crippen LogP contribution in [0.5, 0.6) is 0 Å². The summed E-state index contributed by atoms with van der Waals surface area (Å²) in [6.07, 6.45) is 0.683. The fraction of sp³-hybridized carbons (Fsp3) is 0.513. The lowest BCUT2D eigenvalue weighted by Crippen LogP contribution is -2.46. The number of carbonyl (C=O) groups is 1. The van der Waals surface area contributed by atoms with Crippen LogP contribution in [0, 0.1) is 0 Å². The van der Waals surface area contributed by atoms with Gasteiger partial charge in [-0.05, 0) is 64.1 Å². The third-order valence-electron chi connectivity index (χ3n) is 10.5. The van der Waals surface area contributed by atoms with Crippen molar-refractivity contribution in [2.45, 2.75) is 51.9 Å². The Balaban J connectivity index is 0.000000161. The number of furan rings is 1. The zero-order valence-electron chi connectivity index (χ0n) is 32.1. The number of hydrogen-bond donors (Lipinski definition) is 0. The second-order valence-electron chi connectivity index (χ2n) is 14.6. The van der Waals surface area contributed by atoms with E-state index < -0.39 is 0 Å². The van der Waals surface area contributed by atoms with Crippen molar-refractivity contribution in [2.75, 3.05) is 98.6 Å². The highest BCUT2D eigenvalue weighted by molar-refractivity contribution is 6.29. The van der Waals surface area contributed by atoms with Crippen LogP contribution in [0.25, 0.3) is 33.5 Å². The summed E-state index contributed by atoms with van der Waals surface area (Å²) >= 11 is 6.11. The number of aromatic nitrogens is 6. The Labute approximate surface area is 330 Å². The molecule has 4 fully saturated rings. The molecule has 5 aromatic heterocycles. The summed E-state index contributed by atoms with van der Waals surface area (Å²) in [5.41, 5.74) is 1.85. The van der Waals surface area contributed by atoms with Gasteiger partial charge in [0.05, 0.1) is 87.8 Å². The monoisotopic (exact) mass is 786 g/mol. The van der Waals surface area contributed by atoms with E-state index in [4.69, 9.17) is 59.9 Å². The summed E-state index contributed by atoms with van der Waals surface area (Å²) in [7, 11) is 0. The molecule has 0 spiro atoms. The predicted octanol–water partition coefficient (Wildman–Crippen LogP) is 4.68. The van der Waals surface area contributed by atoms with Crippen molar-refractivity contribution in [2.24, 2.45) is 0 Å². The Bertz CT molecular complexity index is 2170. The molecule has 0 N–H and O–H groups in total. The van der Waals surface area contributed by atoms with E-state index in [1.165, 1.54) is 0 Å². The van der Waals surface area contributed by atoms with Crippen molar-refractivity contribution in [3.8, 4) is 11.5 Å².